The Morgan fingerprint density at radius 3 is 1.92 bits per heavy atom. The minimum atomic E-state index is 0.0399. The fourth-order valence-electron chi connectivity index (χ4n) is 1.68. The summed E-state index contributed by atoms with van der Waals surface area (Å²) in [4.78, 5) is 10.2. The van der Waals surface area contributed by atoms with Crippen molar-refractivity contribution in [1.82, 2.24) is 5.43 Å². The first-order chi connectivity index (χ1) is 11.5. The highest BCUT2D eigenvalue weighted by molar-refractivity contribution is 5.80. The number of rotatable bonds is 5. The number of phenols is 2. The summed E-state index contributed by atoms with van der Waals surface area (Å²) in [6, 6.07) is 9.43. The second kappa shape index (κ2) is 9.73. The van der Waals surface area contributed by atoms with Gasteiger partial charge in [-0.05, 0) is 42.0 Å². The molecule has 0 spiro atoms. The third-order valence-electron chi connectivity index (χ3n) is 2.89. The summed E-state index contributed by atoms with van der Waals surface area (Å²) in [6.07, 6.45) is 2.34. The van der Waals surface area contributed by atoms with Crippen LogP contribution in [0.3, 0.4) is 0 Å². The molecule has 0 aliphatic rings. The lowest BCUT2D eigenvalue weighted by Crippen LogP contribution is -1.95. The first-order valence-electron chi connectivity index (χ1n) is 6.94. The molecule has 7 heteroatoms. The van der Waals surface area contributed by atoms with E-state index in [1.165, 1.54) is 32.4 Å². The number of nitrogens with one attached hydrogen (secondary N) is 1. The number of ether oxygens (including phenoxy) is 2. The summed E-state index contributed by atoms with van der Waals surface area (Å²) in [5, 5.41) is 22.2. The molecule has 0 fully saturated rings. The number of hydrazone groups is 1. The molecule has 0 aliphatic carbocycles. The summed E-state index contributed by atoms with van der Waals surface area (Å²) >= 11 is 0. The standard InChI is InChI=1S/C9H12N2O2.C8H8O3/c1-10-11-6-7-3-4-8(12)9(5-7)13-2;1-11-8-4-6(5-9)2-3-7(8)10/h3-6,10,12H,1-2H3;2-5,10H,1H3/b11-6+;. The smallest absolute Gasteiger partial charge is 0.161 e. The molecule has 24 heavy (non-hydrogen) atoms. The van der Waals surface area contributed by atoms with E-state index in [0.29, 0.717) is 23.3 Å². The van der Waals surface area contributed by atoms with Gasteiger partial charge in [0, 0.05) is 12.6 Å². The molecule has 2 rings (SSSR count). The summed E-state index contributed by atoms with van der Waals surface area (Å²) in [5.41, 5.74) is 3.99. The average molecular weight is 332 g/mol. The van der Waals surface area contributed by atoms with Crippen LogP contribution in [0.1, 0.15) is 15.9 Å². The summed E-state index contributed by atoms with van der Waals surface area (Å²) in [6.45, 7) is 0. The van der Waals surface area contributed by atoms with Crippen LogP contribution in [0.4, 0.5) is 0 Å². The van der Waals surface area contributed by atoms with Crippen molar-refractivity contribution < 1.29 is 24.5 Å². The van der Waals surface area contributed by atoms with Gasteiger partial charge in [-0.15, -0.1) is 0 Å². The second-order valence-corrected chi connectivity index (χ2v) is 4.46. The predicted molar refractivity (Wildman–Crippen MR) is 91.4 cm³/mol. The molecule has 0 unspecified atom stereocenters. The Balaban J connectivity index is 0.000000243. The van der Waals surface area contributed by atoms with E-state index in [1.807, 2.05) is 0 Å². The van der Waals surface area contributed by atoms with Crippen molar-refractivity contribution >= 4 is 12.5 Å². The minimum absolute atomic E-state index is 0.0399. The molecular weight excluding hydrogens is 312 g/mol. The molecule has 0 radical (unpaired) electrons. The van der Waals surface area contributed by atoms with Crippen LogP contribution in [0.2, 0.25) is 0 Å². The van der Waals surface area contributed by atoms with E-state index in [1.54, 1.807) is 31.5 Å². The third-order valence-corrected chi connectivity index (χ3v) is 2.89. The Morgan fingerprint density at radius 2 is 1.46 bits per heavy atom. The molecule has 2 aromatic carbocycles. The monoisotopic (exact) mass is 332 g/mol. The topological polar surface area (TPSA) is 100 Å². The van der Waals surface area contributed by atoms with Crippen molar-refractivity contribution in [2.75, 3.05) is 21.3 Å². The van der Waals surface area contributed by atoms with E-state index in [-0.39, 0.29) is 11.5 Å². The van der Waals surface area contributed by atoms with Gasteiger partial charge in [-0.1, -0.05) is 0 Å². The van der Waals surface area contributed by atoms with Crippen molar-refractivity contribution in [2.45, 2.75) is 0 Å². The number of hydrogen-bond acceptors (Lipinski definition) is 7. The zero-order valence-electron chi connectivity index (χ0n) is 13.7. The Kier molecular flexibility index (Phi) is 7.63. The van der Waals surface area contributed by atoms with E-state index < -0.39 is 0 Å². The van der Waals surface area contributed by atoms with Gasteiger partial charge in [-0.3, -0.25) is 4.79 Å². The van der Waals surface area contributed by atoms with Gasteiger partial charge in [-0.2, -0.15) is 5.10 Å². The number of hydrogen-bond donors (Lipinski definition) is 3. The number of aromatic hydroxyl groups is 2. The maximum Gasteiger partial charge on any atom is 0.161 e. The van der Waals surface area contributed by atoms with Crippen LogP contribution in [-0.4, -0.2) is 44.0 Å². The van der Waals surface area contributed by atoms with E-state index in [4.69, 9.17) is 14.6 Å². The molecule has 0 bridgehead atoms. The molecule has 3 N–H and O–H groups in total. The second-order valence-electron chi connectivity index (χ2n) is 4.46. The zero-order valence-corrected chi connectivity index (χ0v) is 13.7. The van der Waals surface area contributed by atoms with Crippen LogP contribution < -0.4 is 14.9 Å². The highest BCUT2D eigenvalue weighted by atomic mass is 16.5. The molecule has 0 amide bonds. The fourth-order valence-corrected chi connectivity index (χ4v) is 1.68. The van der Waals surface area contributed by atoms with Gasteiger partial charge in [0.15, 0.2) is 23.0 Å². The minimum Gasteiger partial charge on any atom is -0.504 e. The van der Waals surface area contributed by atoms with E-state index in [9.17, 15) is 9.90 Å². The van der Waals surface area contributed by atoms with Gasteiger partial charge in [0.25, 0.3) is 0 Å². The van der Waals surface area contributed by atoms with Crippen LogP contribution in [0.25, 0.3) is 0 Å². The number of carbonyl (C=O) groups is 1. The lowest BCUT2D eigenvalue weighted by Gasteiger charge is -2.02. The Morgan fingerprint density at radius 1 is 0.958 bits per heavy atom. The van der Waals surface area contributed by atoms with Crippen LogP contribution in [-0.2, 0) is 0 Å². The largest absolute Gasteiger partial charge is 0.504 e. The van der Waals surface area contributed by atoms with Gasteiger partial charge in [0.1, 0.15) is 6.29 Å². The predicted octanol–water partition coefficient (Wildman–Crippen LogP) is 2.17. The first-order valence-corrected chi connectivity index (χ1v) is 6.94. The molecule has 0 atom stereocenters. The van der Waals surface area contributed by atoms with Crippen LogP contribution in [0.5, 0.6) is 23.0 Å². The van der Waals surface area contributed by atoms with E-state index in [2.05, 4.69) is 10.5 Å². The molecule has 2 aromatic rings. The molecule has 128 valence electrons. The molecule has 0 aromatic heterocycles. The number of benzene rings is 2. The molecular formula is C17H20N2O5. The van der Waals surface area contributed by atoms with Gasteiger partial charge in [0.05, 0.1) is 20.4 Å². The van der Waals surface area contributed by atoms with Crippen molar-refractivity contribution in [2.24, 2.45) is 5.10 Å². The van der Waals surface area contributed by atoms with Gasteiger partial charge in [-0.25, -0.2) is 0 Å². The highest BCUT2D eigenvalue weighted by Crippen LogP contribution is 2.26. The maximum absolute atomic E-state index is 10.2. The summed E-state index contributed by atoms with van der Waals surface area (Å²) < 4.78 is 9.71. The Labute approximate surface area is 140 Å². The van der Waals surface area contributed by atoms with E-state index in [0.717, 1.165) is 5.56 Å². The summed E-state index contributed by atoms with van der Waals surface area (Å²) in [7, 11) is 4.66. The number of phenolic OH excluding ortho intramolecular Hbond substituents is 2. The van der Waals surface area contributed by atoms with Crippen LogP contribution in [0.15, 0.2) is 41.5 Å². The molecule has 0 saturated carbocycles. The highest BCUT2D eigenvalue weighted by Gasteiger charge is 2.01. The maximum atomic E-state index is 10.2. The fraction of sp³-hybridized carbons (Fsp3) is 0.176. The average Bonchev–Trinajstić information content (AvgIpc) is 2.62. The molecule has 0 saturated heterocycles. The quantitative estimate of drug-likeness (QED) is 0.441. The van der Waals surface area contributed by atoms with Gasteiger partial charge >= 0.3 is 0 Å². The number of carbonyl (C=O) groups excluding carboxylic acids is 1. The van der Waals surface area contributed by atoms with Crippen molar-refractivity contribution in [3.63, 3.8) is 0 Å². The lowest BCUT2D eigenvalue weighted by atomic mass is 10.2. The number of methoxy groups -OCH3 is 2. The third kappa shape index (κ3) is 5.53. The van der Waals surface area contributed by atoms with Crippen molar-refractivity contribution in [1.29, 1.82) is 0 Å². The number of nitrogens with zero attached hydrogens (tertiary/aromatic N) is 1. The molecule has 7 nitrogen and oxygen atoms in total. The summed E-state index contributed by atoms with van der Waals surface area (Å²) in [5.74, 6) is 0.928. The van der Waals surface area contributed by atoms with Crippen molar-refractivity contribution in [3.05, 3.63) is 47.5 Å². The van der Waals surface area contributed by atoms with Crippen LogP contribution in [0, 0.1) is 0 Å². The first kappa shape index (κ1) is 18.8. The molecule has 0 heterocycles. The molecule has 0 aliphatic heterocycles. The Hall–Kier alpha value is -3.22. The van der Waals surface area contributed by atoms with Gasteiger partial charge in [0.2, 0.25) is 0 Å². The van der Waals surface area contributed by atoms with Gasteiger partial charge < -0.3 is 25.1 Å². The SMILES string of the molecule is CN/N=C/c1ccc(O)c(OC)c1.COc1cc(C=O)ccc1O. The normalized spacial score (nSPS) is 9.79. The lowest BCUT2D eigenvalue weighted by molar-refractivity contribution is 0.112. The van der Waals surface area contributed by atoms with Crippen LogP contribution >= 0.6 is 0 Å². The zero-order chi connectivity index (χ0) is 17.9. The Bertz CT molecular complexity index is 701. The van der Waals surface area contributed by atoms with Crippen molar-refractivity contribution in [3.8, 4) is 23.0 Å². The van der Waals surface area contributed by atoms with E-state index >= 15 is 0 Å². The number of aldehydes is 1.